The Morgan fingerprint density at radius 1 is 0.839 bits per heavy atom. The summed E-state index contributed by atoms with van der Waals surface area (Å²) in [5, 5.41) is 16.5. The van der Waals surface area contributed by atoms with Gasteiger partial charge in [0.1, 0.15) is 17.1 Å². The molecule has 0 unspecified atom stereocenters. The molecule has 6 nitrogen and oxygen atoms in total. The van der Waals surface area contributed by atoms with E-state index in [2.05, 4.69) is 10.6 Å². The normalized spacial score (nSPS) is 10.4. The number of nitrogens with one attached hydrogen (secondary N) is 2. The van der Waals surface area contributed by atoms with Crippen molar-refractivity contribution in [2.24, 2.45) is 0 Å². The molecule has 3 N–H and O–H groups in total. The van der Waals surface area contributed by atoms with Crippen LogP contribution in [0.15, 0.2) is 72.8 Å². The number of aryl methyl sites for hydroxylation is 1. The third-order valence-corrected chi connectivity index (χ3v) is 4.78. The zero-order valence-corrected chi connectivity index (χ0v) is 18.0. The number of nitrogens with zero attached hydrogens (tertiary/aromatic N) is 2. The van der Waals surface area contributed by atoms with Crippen LogP contribution in [0.5, 0.6) is 5.75 Å². The van der Waals surface area contributed by atoms with Gasteiger partial charge in [-0.2, -0.15) is 4.98 Å². The number of halogens is 1. The van der Waals surface area contributed by atoms with Crippen molar-refractivity contribution in [1.82, 2.24) is 9.97 Å². The molecule has 0 radical (unpaired) electrons. The van der Waals surface area contributed by atoms with Gasteiger partial charge in [0, 0.05) is 23.4 Å². The van der Waals surface area contributed by atoms with Crippen LogP contribution < -0.4 is 15.4 Å². The van der Waals surface area contributed by atoms with Gasteiger partial charge in [-0.15, -0.1) is 12.4 Å². The van der Waals surface area contributed by atoms with Crippen molar-refractivity contribution in [3.63, 3.8) is 0 Å². The molecule has 0 fully saturated rings. The Balaban J connectivity index is 0.00000272. The van der Waals surface area contributed by atoms with Gasteiger partial charge in [0.15, 0.2) is 0 Å². The van der Waals surface area contributed by atoms with Gasteiger partial charge in [-0.1, -0.05) is 36.4 Å². The smallest absolute Gasteiger partial charge is 0.229 e. The molecule has 4 aromatic rings. The molecule has 1 heterocycles. The number of methoxy groups -OCH3 is 1. The molecule has 0 aliphatic rings. The summed E-state index contributed by atoms with van der Waals surface area (Å²) in [6.45, 7) is 0.198. The van der Waals surface area contributed by atoms with E-state index in [0.29, 0.717) is 17.5 Å². The van der Waals surface area contributed by atoms with E-state index in [4.69, 9.17) is 19.8 Å². The Morgan fingerprint density at radius 3 is 2.29 bits per heavy atom. The minimum Gasteiger partial charge on any atom is -0.494 e. The maximum absolute atomic E-state index is 8.99. The van der Waals surface area contributed by atoms with Gasteiger partial charge in [-0.05, 0) is 54.8 Å². The van der Waals surface area contributed by atoms with E-state index >= 15 is 0 Å². The molecule has 0 spiro atoms. The van der Waals surface area contributed by atoms with Gasteiger partial charge in [-0.3, -0.25) is 0 Å². The topological polar surface area (TPSA) is 79.3 Å². The number of aliphatic hydroxyl groups is 1. The Hall–Kier alpha value is -3.35. The predicted octanol–water partition coefficient (Wildman–Crippen LogP) is 5.47. The first-order valence-electron chi connectivity index (χ1n) is 9.90. The highest BCUT2D eigenvalue weighted by Gasteiger charge is 2.12. The summed E-state index contributed by atoms with van der Waals surface area (Å²) in [7, 11) is 1.64. The Morgan fingerprint density at radius 2 is 1.58 bits per heavy atom. The van der Waals surface area contributed by atoms with E-state index in [0.717, 1.165) is 35.1 Å². The molecule has 31 heavy (non-hydrogen) atoms. The summed E-state index contributed by atoms with van der Waals surface area (Å²) in [6.07, 6.45) is 1.61. The first kappa shape index (κ1) is 22.3. The minimum absolute atomic E-state index is 0. The van der Waals surface area contributed by atoms with E-state index in [1.807, 2.05) is 72.8 Å². The van der Waals surface area contributed by atoms with Crippen LogP contribution in [0.4, 0.5) is 23.1 Å². The number of rotatable bonds is 8. The average Bonchev–Trinajstić information content (AvgIpc) is 2.79. The fraction of sp³-hybridized carbons (Fsp3) is 0.167. The van der Waals surface area contributed by atoms with Crippen LogP contribution >= 0.6 is 12.4 Å². The molecule has 4 rings (SSSR count). The van der Waals surface area contributed by atoms with Crippen molar-refractivity contribution in [3.8, 4) is 5.75 Å². The van der Waals surface area contributed by atoms with E-state index in [-0.39, 0.29) is 19.0 Å². The third kappa shape index (κ3) is 5.42. The van der Waals surface area contributed by atoms with E-state index in [9.17, 15) is 0 Å². The molecule has 160 valence electrons. The molecule has 0 aliphatic heterocycles. The zero-order chi connectivity index (χ0) is 20.8. The predicted molar refractivity (Wildman–Crippen MR) is 128 cm³/mol. The zero-order valence-electron chi connectivity index (χ0n) is 17.2. The highest BCUT2D eigenvalue weighted by Crippen LogP contribution is 2.31. The highest BCUT2D eigenvalue weighted by atomic mass is 35.5. The van der Waals surface area contributed by atoms with Crippen LogP contribution in [0, 0.1) is 0 Å². The molecule has 0 atom stereocenters. The number of fused-ring (bicyclic) bond motifs is 1. The molecule has 0 bridgehead atoms. The first-order chi connectivity index (χ1) is 14.8. The van der Waals surface area contributed by atoms with Gasteiger partial charge in [-0.25, -0.2) is 4.98 Å². The molecule has 0 aliphatic carbocycles. The summed E-state index contributed by atoms with van der Waals surface area (Å²) >= 11 is 0. The molecule has 7 heteroatoms. The SMILES string of the molecule is COc1cccc2c(Nc3ccccc3)nc(Nc3ccc(CCCO)cc3)nc12.Cl. The summed E-state index contributed by atoms with van der Waals surface area (Å²) in [6, 6.07) is 23.8. The van der Waals surface area contributed by atoms with Crippen molar-refractivity contribution >= 4 is 46.5 Å². The maximum Gasteiger partial charge on any atom is 0.229 e. The molecule has 0 saturated heterocycles. The van der Waals surface area contributed by atoms with Gasteiger partial charge in [0.05, 0.1) is 7.11 Å². The van der Waals surface area contributed by atoms with Crippen molar-refractivity contribution < 1.29 is 9.84 Å². The largest absolute Gasteiger partial charge is 0.494 e. The second-order valence-electron chi connectivity index (χ2n) is 6.89. The molecule has 0 amide bonds. The number of aromatic nitrogens is 2. The summed E-state index contributed by atoms with van der Waals surface area (Å²) in [5.74, 6) is 1.87. The van der Waals surface area contributed by atoms with Crippen LogP contribution in [-0.2, 0) is 6.42 Å². The second-order valence-corrected chi connectivity index (χ2v) is 6.89. The standard InChI is InChI=1S/C24H24N4O2.ClH/c1-30-21-11-5-10-20-22(21)27-24(28-23(20)25-18-8-3-2-4-9-18)26-19-14-12-17(13-15-19)7-6-16-29;/h2-5,8-15,29H,6-7,16H2,1H3,(H2,25,26,27,28);1H. The monoisotopic (exact) mass is 436 g/mol. The van der Waals surface area contributed by atoms with Gasteiger partial charge in [0.25, 0.3) is 0 Å². The Bertz CT molecular complexity index is 1120. The lowest BCUT2D eigenvalue weighted by Gasteiger charge is -2.14. The molecule has 1 aromatic heterocycles. The summed E-state index contributed by atoms with van der Waals surface area (Å²) in [4.78, 5) is 9.41. The number of ether oxygens (including phenoxy) is 1. The minimum atomic E-state index is 0. The van der Waals surface area contributed by atoms with Crippen LogP contribution in [-0.4, -0.2) is 28.8 Å². The van der Waals surface area contributed by atoms with Gasteiger partial charge >= 0.3 is 0 Å². The number of hydrogen-bond acceptors (Lipinski definition) is 6. The van der Waals surface area contributed by atoms with Crippen molar-refractivity contribution in [3.05, 3.63) is 78.4 Å². The number of benzene rings is 3. The Kier molecular flexibility index (Phi) is 7.65. The lowest BCUT2D eigenvalue weighted by atomic mass is 10.1. The lowest BCUT2D eigenvalue weighted by Crippen LogP contribution is -2.03. The van der Waals surface area contributed by atoms with Crippen molar-refractivity contribution in [2.45, 2.75) is 12.8 Å². The number of para-hydroxylation sites is 2. The number of aliphatic hydroxyl groups excluding tert-OH is 1. The molecular weight excluding hydrogens is 412 g/mol. The van der Waals surface area contributed by atoms with Gasteiger partial charge in [0.2, 0.25) is 5.95 Å². The second kappa shape index (κ2) is 10.6. The molecule has 3 aromatic carbocycles. The van der Waals surface area contributed by atoms with Gasteiger partial charge < -0.3 is 20.5 Å². The molecule has 0 saturated carbocycles. The van der Waals surface area contributed by atoms with E-state index in [1.165, 1.54) is 5.56 Å². The van der Waals surface area contributed by atoms with Crippen molar-refractivity contribution in [2.75, 3.05) is 24.4 Å². The lowest BCUT2D eigenvalue weighted by molar-refractivity contribution is 0.288. The highest BCUT2D eigenvalue weighted by molar-refractivity contribution is 5.95. The third-order valence-electron chi connectivity index (χ3n) is 4.78. The first-order valence-corrected chi connectivity index (χ1v) is 9.90. The Labute approximate surface area is 187 Å². The van der Waals surface area contributed by atoms with Crippen LogP contribution in [0.1, 0.15) is 12.0 Å². The van der Waals surface area contributed by atoms with E-state index < -0.39 is 0 Å². The number of hydrogen-bond donors (Lipinski definition) is 3. The van der Waals surface area contributed by atoms with E-state index in [1.54, 1.807) is 7.11 Å². The van der Waals surface area contributed by atoms with Crippen molar-refractivity contribution in [1.29, 1.82) is 0 Å². The van der Waals surface area contributed by atoms with Crippen LogP contribution in [0.3, 0.4) is 0 Å². The summed E-state index contributed by atoms with van der Waals surface area (Å²) in [5.41, 5.74) is 3.75. The fourth-order valence-corrected chi connectivity index (χ4v) is 3.27. The quantitative estimate of drug-likeness (QED) is 0.340. The fourth-order valence-electron chi connectivity index (χ4n) is 3.27. The van der Waals surface area contributed by atoms with Crippen LogP contribution in [0.2, 0.25) is 0 Å². The molecular formula is C24H25ClN4O2. The maximum atomic E-state index is 8.99. The summed E-state index contributed by atoms with van der Waals surface area (Å²) < 4.78 is 5.52. The van der Waals surface area contributed by atoms with Crippen LogP contribution in [0.25, 0.3) is 10.9 Å². The average molecular weight is 437 g/mol. The number of anilines is 4.